The third kappa shape index (κ3) is 6.91. The Hall–Kier alpha value is -3.56. The third-order valence-electron chi connectivity index (χ3n) is 6.42. The smallest absolute Gasteiger partial charge is 0.328 e. The van der Waals surface area contributed by atoms with Crippen molar-refractivity contribution in [1.29, 1.82) is 0 Å². The Morgan fingerprint density at radius 3 is 2.28 bits per heavy atom. The van der Waals surface area contributed by atoms with E-state index in [4.69, 9.17) is 4.98 Å². The van der Waals surface area contributed by atoms with Gasteiger partial charge < -0.3 is 9.88 Å². The molecule has 4 aromatic rings. The summed E-state index contributed by atoms with van der Waals surface area (Å²) in [4.78, 5) is 17.3. The van der Waals surface area contributed by atoms with E-state index in [-0.39, 0.29) is 11.4 Å². The molecule has 2 N–H and O–H groups in total. The van der Waals surface area contributed by atoms with Gasteiger partial charge in [-0.3, -0.25) is 0 Å². The zero-order chi connectivity index (χ0) is 27.8. The van der Waals surface area contributed by atoms with Gasteiger partial charge in [-0.1, -0.05) is 86.6 Å². The lowest BCUT2D eigenvalue weighted by molar-refractivity contribution is 0.245. The Bertz CT molecular complexity index is 1520. The molecule has 3 aromatic carbocycles. The largest absolute Gasteiger partial charge is 0.333 e. The van der Waals surface area contributed by atoms with Gasteiger partial charge in [0.15, 0.2) is 0 Å². The molecule has 0 radical (unpaired) electrons. The van der Waals surface area contributed by atoms with Gasteiger partial charge in [0.25, 0.3) is 10.0 Å². The maximum Gasteiger partial charge on any atom is 0.328 e. The van der Waals surface area contributed by atoms with Crippen LogP contribution in [0.4, 0.5) is 4.79 Å². The zero-order valence-electron chi connectivity index (χ0n) is 22.5. The van der Waals surface area contributed by atoms with E-state index in [1.54, 1.807) is 30.0 Å². The van der Waals surface area contributed by atoms with Crippen LogP contribution >= 0.6 is 11.8 Å². The molecule has 0 atom stereocenters. The highest BCUT2D eigenvalue weighted by molar-refractivity contribution is 7.98. The van der Waals surface area contributed by atoms with Crippen LogP contribution in [0.5, 0.6) is 0 Å². The number of carbonyl (C=O) groups is 1. The summed E-state index contributed by atoms with van der Waals surface area (Å²) in [5, 5.41) is 3.69. The van der Waals surface area contributed by atoms with Crippen molar-refractivity contribution >= 4 is 27.8 Å². The molecule has 39 heavy (non-hydrogen) atoms. The Kier molecular flexibility index (Phi) is 9.48. The minimum absolute atomic E-state index is 0.0466. The van der Waals surface area contributed by atoms with E-state index in [0.717, 1.165) is 46.8 Å². The van der Waals surface area contributed by atoms with E-state index in [1.165, 1.54) is 11.8 Å². The topological polar surface area (TPSA) is 93.1 Å². The third-order valence-corrected chi connectivity index (χ3v) is 8.52. The monoisotopic (exact) mass is 562 g/mol. The first kappa shape index (κ1) is 28.4. The van der Waals surface area contributed by atoms with Crippen LogP contribution in [0.15, 0.2) is 88.8 Å². The average Bonchev–Trinajstić information content (AvgIpc) is 3.28. The Balaban J connectivity index is 1.53. The minimum Gasteiger partial charge on any atom is -0.333 e. The fraction of sp³-hybridized carbons (Fsp3) is 0.267. The molecule has 0 fully saturated rings. The highest BCUT2D eigenvalue weighted by Crippen LogP contribution is 2.29. The number of imidazole rings is 1. The molecule has 0 unspecified atom stereocenters. The molecule has 0 aliphatic rings. The molecule has 0 aliphatic carbocycles. The van der Waals surface area contributed by atoms with E-state index in [0.29, 0.717) is 12.1 Å². The highest BCUT2D eigenvalue weighted by atomic mass is 32.2. The Morgan fingerprint density at radius 2 is 1.62 bits per heavy atom. The summed E-state index contributed by atoms with van der Waals surface area (Å²) in [5.74, 6) is 1.09. The first-order chi connectivity index (χ1) is 18.9. The zero-order valence-corrected chi connectivity index (χ0v) is 24.1. The molecule has 1 heterocycles. The quantitative estimate of drug-likeness (QED) is 0.218. The molecule has 0 aliphatic heterocycles. The van der Waals surface area contributed by atoms with Crippen molar-refractivity contribution in [2.75, 3.05) is 6.26 Å². The van der Waals surface area contributed by atoms with Crippen LogP contribution < -0.4 is 10.0 Å². The van der Waals surface area contributed by atoms with Gasteiger partial charge in [0.2, 0.25) is 0 Å². The van der Waals surface area contributed by atoms with Crippen LogP contribution in [-0.2, 0) is 36.0 Å². The molecule has 0 saturated heterocycles. The second-order valence-electron chi connectivity index (χ2n) is 9.14. The van der Waals surface area contributed by atoms with Gasteiger partial charge in [-0.15, -0.1) is 11.8 Å². The Morgan fingerprint density at radius 1 is 0.923 bits per heavy atom. The summed E-state index contributed by atoms with van der Waals surface area (Å²) in [7, 11) is -4.10. The summed E-state index contributed by atoms with van der Waals surface area (Å²) in [6.45, 7) is 5.24. The molecule has 2 amide bonds. The number of urea groups is 1. The lowest BCUT2D eigenvalue weighted by Gasteiger charge is -2.14. The summed E-state index contributed by atoms with van der Waals surface area (Å²) < 4.78 is 30.8. The second kappa shape index (κ2) is 13.0. The number of rotatable bonds is 11. The molecule has 9 heteroatoms. The van der Waals surface area contributed by atoms with Crippen molar-refractivity contribution < 1.29 is 13.2 Å². The standard InChI is InChI=1S/C30H34N4O3S2/c1-4-11-28-32-29(38-3)26(5-2)34(28)21-23-16-18-24(19-17-23)25-14-9-10-15-27(25)39(36,37)33-30(35)31-20-22-12-7-6-8-13-22/h6-10,12-19H,4-5,11,20-21H2,1-3H3,(H2,31,33,35). The number of nitrogens with one attached hydrogen (secondary N) is 2. The summed E-state index contributed by atoms with van der Waals surface area (Å²) in [6.07, 6.45) is 4.91. The van der Waals surface area contributed by atoms with E-state index >= 15 is 0 Å². The molecule has 1 aromatic heterocycles. The van der Waals surface area contributed by atoms with Crippen LogP contribution in [0.3, 0.4) is 0 Å². The number of aryl methyl sites for hydroxylation is 1. The Labute approximate surface area is 235 Å². The minimum atomic E-state index is -4.10. The number of benzene rings is 3. The molecule has 0 saturated carbocycles. The maximum atomic E-state index is 13.2. The molecule has 204 valence electrons. The van der Waals surface area contributed by atoms with E-state index in [9.17, 15) is 13.2 Å². The van der Waals surface area contributed by atoms with Crippen molar-refractivity contribution in [2.24, 2.45) is 0 Å². The van der Waals surface area contributed by atoms with E-state index in [1.807, 2.05) is 54.6 Å². The SMILES string of the molecule is CCCc1nc(SC)c(CC)n1Cc1ccc(-c2ccccc2S(=O)(=O)NC(=O)NCc2ccccc2)cc1. The van der Waals surface area contributed by atoms with Gasteiger partial charge in [-0.25, -0.2) is 22.9 Å². The second-order valence-corrected chi connectivity index (χ2v) is 11.6. The number of nitrogens with zero attached hydrogens (tertiary/aromatic N) is 2. The predicted octanol–water partition coefficient (Wildman–Crippen LogP) is 6.02. The van der Waals surface area contributed by atoms with Crippen molar-refractivity contribution in [3.05, 3.63) is 102 Å². The number of thioether (sulfide) groups is 1. The van der Waals surface area contributed by atoms with Crippen molar-refractivity contribution in [3.63, 3.8) is 0 Å². The number of sulfonamides is 1. The molecule has 4 rings (SSSR count). The molecule has 0 spiro atoms. The first-order valence-corrected chi connectivity index (χ1v) is 15.7. The van der Waals surface area contributed by atoms with Crippen LogP contribution in [0.2, 0.25) is 0 Å². The fourth-order valence-electron chi connectivity index (χ4n) is 4.52. The average molecular weight is 563 g/mol. The number of hydrogen-bond donors (Lipinski definition) is 2. The first-order valence-electron chi connectivity index (χ1n) is 13.0. The predicted molar refractivity (Wildman–Crippen MR) is 157 cm³/mol. The van der Waals surface area contributed by atoms with Crippen LogP contribution in [0.1, 0.15) is 42.9 Å². The summed E-state index contributed by atoms with van der Waals surface area (Å²) in [5.41, 5.74) is 4.50. The van der Waals surface area contributed by atoms with Gasteiger partial charge in [0.1, 0.15) is 10.9 Å². The van der Waals surface area contributed by atoms with E-state index < -0.39 is 16.1 Å². The maximum absolute atomic E-state index is 13.2. The van der Waals surface area contributed by atoms with Gasteiger partial charge in [0.05, 0.1) is 10.6 Å². The number of carbonyl (C=O) groups excluding carboxylic acids is 1. The van der Waals surface area contributed by atoms with E-state index in [2.05, 4.69) is 34.7 Å². The van der Waals surface area contributed by atoms with Gasteiger partial charge in [-0.2, -0.15) is 0 Å². The fourth-order valence-corrected chi connectivity index (χ4v) is 6.37. The van der Waals surface area contributed by atoms with Gasteiger partial charge >= 0.3 is 6.03 Å². The highest BCUT2D eigenvalue weighted by Gasteiger charge is 2.22. The number of hydrogen-bond acceptors (Lipinski definition) is 5. The van der Waals surface area contributed by atoms with Crippen LogP contribution in [-0.4, -0.2) is 30.3 Å². The molecule has 0 bridgehead atoms. The lowest BCUT2D eigenvalue weighted by Crippen LogP contribution is -2.39. The summed E-state index contributed by atoms with van der Waals surface area (Å²) >= 11 is 1.68. The molecule has 7 nitrogen and oxygen atoms in total. The molecular weight excluding hydrogens is 528 g/mol. The van der Waals surface area contributed by atoms with Gasteiger partial charge in [-0.05, 0) is 41.9 Å². The van der Waals surface area contributed by atoms with Crippen molar-refractivity contribution in [2.45, 2.75) is 56.1 Å². The summed E-state index contributed by atoms with van der Waals surface area (Å²) in [6, 6.07) is 23.1. The molecular formula is C30H34N4O3S2. The van der Waals surface area contributed by atoms with Crippen LogP contribution in [0, 0.1) is 0 Å². The van der Waals surface area contributed by atoms with Crippen molar-refractivity contribution in [3.8, 4) is 11.1 Å². The van der Waals surface area contributed by atoms with Gasteiger partial charge in [0, 0.05) is 25.1 Å². The van der Waals surface area contributed by atoms with Crippen molar-refractivity contribution in [1.82, 2.24) is 19.6 Å². The number of amides is 2. The normalized spacial score (nSPS) is 11.4. The number of aromatic nitrogens is 2. The lowest BCUT2D eigenvalue weighted by atomic mass is 10.0. The van der Waals surface area contributed by atoms with Crippen LogP contribution in [0.25, 0.3) is 11.1 Å².